The first-order chi connectivity index (χ1) is 11.5. The second-order valence-electron chi connectivity index (χ2n) is 6.14. The summed E-state index contributed by atoms with van der Waals surface area (Å²) in [5.41, 5.74) is 1.10. The molecule has 2 heterocycles. The maximum absolute atomic E-state index is 12.6. The fraction of sp³-hybridized carbons (Fsp3) is 0.500. The molecule has 3 rings (SSSR count). The van der Waals surface area contributed by atoms with Gasteiger partial charge < -0.3 is 0 Å². The molecule has 2 aromatic heterocycles. The smallest absolute Gasteiger partial charge is 0.266 e. The Morgan fingerprint density at radius 2 is 1.92 bits per heavy atom. The molecular weight excluding hydrogens is 346 g/mol. The van der Waals surface area contributed by atoms with E-state index in [0.717, 1.165) is 25.7 Å². The van der Waals surface area contributed by atoms with Crippen molar-refractivity contribution >= 4 is 21.4 Å². The van der Waals surface area contributed by atoms with Gasteiger partial charge in [-0.1, -0.05) is 25.7 Å². The Kier molecular flexibility index (Phi) is 5.17. The molecular formula is C16H21N3O3S2. The van der Waals surface area contributed by atoms with Gasteiger partial charge in [-0.3, -0.25) is 4.79 Å². The number of aryl methyl sites for hydroxylation is 1. The van der Waals surface area contributed by atoms with Crippen molar-refractivity contribution < 1.29 is 8.42 Å². The molecule has 0 bridgehead atoms. The van der Waals surface area contributed by atoms with Gasteiger partial charge in [-0.05, 0) is 25.0 Å². The summed E-state index contributed by atoms with van der Waals surface area (Å²) in [7, 11) is -1.94. The minimum atomic E-state index is -3.51. The molecule has 0 amide bonds. The average molecular weight is 367 g/mol. The number of hydrogen-bond donors (Lipinski definition) is 1. The molecule has 0 saturated heterocycles. The zero-order valence-electron chi connectivity index (χ0n) is 13.6. The van der Waals surface area contributed by atoms with Crippen molar-refractivity contribution in [1.29, 1.82) is 0 Å². The molecule has 2 aromatic rings. The summed E-state index contributed by atoms with van der Waals surface area (Å²) in [6, 6.07) is 4.69. The molecule has 0 atom stereocenters. The van der Waals surface area contributed by atoms with E-state index in [9.17, 15) is 13.2 Å². The van der Waals surface area contributed by atoms with Crippen LogP contribution in [0.2, 0.25) is 0 Å². The third-order valence-corrected chi connectivity index (χ3v) is 7.23. The lowest BCUT2D eigenvalue weighted by Crippen LogP contribution is -2.33. The van der Waals surface area contributed by atoms with Crippen LogP contribution in [0.3, 0.4) is 0 Å². The normalized spacial score (nSPS) is 16.9. The first-order valence-corrected chi connectivity index (χ1v) is 10.5. The lowest BCUT2D eigenvalue weighted by molar-refractivity contribution is 0.511. The molecule has 0 unspecified atom stereocenters. The molecule has 1 aliphatic carbocycles. The monoisotopic (exact) mass is 367 g/mol. The van der Waals surface area contributed by atoms with E-state index < -0.39 is 10.0 Å². The number of nitrogens with zero attached hydrogens (tertiary/aromatic N) is 2. The van der Waals surface area contributed by atoms with Gasteiger partial charge in [0.25, 0.3) is 5.56 Å². The first kappa shape index (κ1) is 17.3. The minimum absolute atomic E-state index is 0.0266. The number of sulfonamides is 1. The molecule has 130 valence electrons. The Labute approximate surface area is 145 Å². The maximum atomic E-state index is 12.6. The molecule has 1 saturated carbocycles. The Morgan fingerprint density at radius 3 is 2.58 bits per heavy atom. The Hall–Kier alpha value is -1.51. The van der Waals surface area contributed by atoms with Gasteiger partial charge in [-0.25, -0.2) is 17.8 Å². The van der Waals surface area contributed by atoms with E-state index in [0.29, 0.717) is 11.3 Å². The van der Waals surface area contributed by atoms with Crippen LogP contribution in [-0.2, 0) is 17.1 Å². The summed E-state index contributed by atoms with van der Waals surface area (Å²) < 4.78 is 29.6. The van der Waals surface area contributed by atoms with Crippen LogP contribution < -0.4 is 10.3 Å². The van der Waals surface area contributed by atoms with Gasteiger partial charge in [0.05, 0.1) is 5.69 Å². The highest BCUT2D eigenvalue weighted by Crippen LogP contribution is 2.28. The van der Waals surface area contributed by atoms with Crippen LogP contribution in [0.1, 0.15) is 38.5 Å². The van der Waals surface area contributed by atoms with Gasteiger partial charge in [0, 0.05) is 30.1 Å². The summed E-state index contributed by atoms with van der Waals surface area (Å²) in [4.78, 5) is 11.4. The second-order valence-corrected chi connectivity index (χ2v) is 9.00. The zero-order chi connectivity index (χ0) is 17.2. The van der Waals surface area contributed by atoms with E-state index in [4.69, 9.17) is 0 Å². The molecule has 0 radical (unpaired) electrons. The SMILES string of the molecule is Cn1nc(-c2csc(S(=O)(=O)NC3CCCCCC3)c2)ccc1=O. The van der Waals surface area contributed by atoms with E-state index in [2.05, 4.69) is 9.82 Å². The molecule has 1 N–H and O–H groups in total. The Balaban J connectivity index is 1.80. The van der Waals surface area contributed by atoms with Crippen LogP contribution in [-0.4, -0.2) is 24.2 Å². The standard InChI is InChI=1S/C16H21N3O3S2/c1-19-15(20)9-8-14(17-19)12-10-16(23-11-12)24(21,22)18-13-6-4-2-3-5-7-13/h8-11,13,18H,2-7H2,1H3. The van der Waals surface area contributed by atoms with E-state index in [1.807, 2.05) is 0 Å². The fourth-order valence-electron chi connectivity index (χ4n) is 2.92. The number of hydrogen-bond acceptors (Lipinski definition) is 5. The quantitative estimate of drug-likeness (QED) is 0.842. The van der Waals surface area contributed by atoms with E-state index in [-0.39, 0.29) is 15.8 Å². The molecule has 1 aliphatic rings. The van der Waals surface area contributed by atoms with Crippen molar-refractivity contribution in [3.63, 3.8) is 0 Å². The zero-order valence-corrected chi connectivity index (χ0v) is 15.2. The van der Waals surface area contributed by atoms with Crippen molar-refractivity contribution in [1.82, 2.24) is 14.5 Å². The molecule has 0 aromatic carbocycles. The van der Waals surface area contributed by atoms with E-state index in [1.54, 1.807) is 24.6 Å². The molecule has 6 nitrogen and oxygen atoms in total. The van der Waals surface area contributed by atoms with Crippen LogP contribution in [0.4, 0.5) is 0 Å². The van der Waals surface area contributed by atoms with E-state index in [1.165, 1.54) is 34.9 Å². The topological polar surface area (TPSA) is 81.1 Å². The van der Waals surface area contributed by atoms with Crippen LogP contribution in [0, 0.1) is 0 Å². The Bertz CT molecular complexity index is 863. The number of nitrogens with one attached hydrogen (secondary N) is 1. The van der Waals surface area contributed by atoms with Gasteiger partial charge in [0.1, 0.15) is 4.21 Å². The van der Waals surface area contributed by atoms with Gasteiger partial charge in [-0.2, -0.15) is 5.10 Å². The van der Waals surface area contributed by atoms with Crippen molar-refractivity contribution in [2.24, 2.45) is 7.05 Å². The van der Waals surface area contributed by atoms with Crippen LogP contribution >= 0.6 is 11.3 Å². The lowest BCUT2D eigenvalue weighted by atomic mass is 10.1. The van der Waals surface area contributed by atoms with Gasteiger partial charge in [0.15, 0.2) is 0 Å². The number of aromatic nitrogens is 2. The van der Waals surface area contributed by atoms with Crippen LogP contribution in [0.5, 0.6) is 0 Å². The van der Waals surface area contributed by atoms with Gasteiger partial charge >= 0.3 is 0 Å². The Morgan fingerprint density at radius 1 is 1.21 bits per heavy atom. The summed E-state index contributed by atoms with van der Waals surface area (Å²) in [5.74, 6) is 0. The van der Waals surface area contributed by atoms with E-state index >= 15 is 0 Å². The van der Waals surface area contributed by atoms with Crippen LogP contribution in [0.15, 0.2) is 32.6 Å². The predicted octanol–water partition coefficient (Wildman–Crippen LogP) is 2.51. The molecule has 0 aliphatic heterocycles. The highest BCUT2D eigenvalue weighted by Gasteiger charge is 2.23. The third kappa shape index (κ3) is 3.93. The highest BCUT2D eigenvalue weighted by atomic mass is 32.2. The highest BCUT2D eigenvalue weighted by molar-refractivity contribution is 7.91. The largest absolute Gasteiger partial charge is 0.268 e. The van der Waals surface area contributed by atoms with Crippen molar-refractivity contribution in [2.75, 3.05) is 0 Å². The fourth-order valence-corrected chi connectivity index (χ4v) is 5.42. The number of rotatable bonds is 4. The second kappa shape index (κ2) is 7.16. The molecule has 24 heavy (non-hydrogen) atoms. The van der Waals surface area contributed by atoms with Crippen LogP contribution in [0.25, 0.3) is 11.3 Å². The van der Waals surface area contributed by atoms with Gasteiger partial charge in [0.2, 0.25) is 10.0 Å². The molecule has 8 heteroatoms. The summed E-state index contributed by atoms with van der Waals surface area (Å²) in [5, 5.41) is 5.92. The maximum Gasteiger partial charge on any atom is 0.266 e. The summed E-state index contributed by atoms with van der Waals surface area (Å²) >= 11 is 1.18. The van der Waals surface area contributed by atoms with Crippen molar-refractivity contribution in [3.05, 3.63) is 33.9 Å². The lowest BCUT2D eigenvalue weighted by Gasteiger charge is -2.15. The first-order valence-electron chi connectivity index (χ1n) is 8.11. The van der Waals surface area contributed by atoms with Crippen molar-refractivity contribution in [3.8, 4) is 11.3 Å². The average Bonchev–Trinajstić information content (AvgIpc) is 2.91. The summed E-state index contributed by atoms with van der Waals surface area (Å²) in [6.45, 7) is 0. The van der Waals surface area contributed by atoms with Crippen molar-refractivity contribution in [2.45, 2.75) is 48.8 Å². The predicted molar refractivity (Wildman–Crippen MR) is 94.6 cm³/mol. The summed E-state index contributed by atoms with van der Waals surface area (Å²) in [6.07, 6.45) is 6.31. The molecule has 0 spiro atoms. The minimum Gasteiger partial charge on any atom is -0.268 e. The third-order valence-electron chi connectivity index (χ3n) is 4.27. The number of thiophene rings is 1. The van der Waals surface area contributed by atoms with Gasteiger partial charge in [-0.15, -0.1) is 11.3 Å². The molecule has 1 fully saturated rings.